The third-order valence-corrected chi connectivity index (χ3v) is 4.76. The van der Waals surface area contributed by atoms with Gasteiger partial charge in [0.05, 0.1) is 11.9 Å². The number of nitrogens with zero attached hydrogens (tertiary/aromatic N) is 2. The number of imidazole rings is 1. The van der Waals surface area contributed by atoms with Crippen LogP contribution in [0.3, 0.4) is 0 Å². The van der Waals surface area contributed by atoms with Crippen molar-refractivity contribution in [1.82, 2.24) is 9.38 Å². The number of rotatable bonds is 2. The van der Waals surface area contributed by atoms with Crippen LogP contribution >= 0.6 is 11.3 Å². The molecule has 3 rings (SSSR count). The van der Waals surface area contributed by atoms with Gasteiger partial charge < -0.3 is 5.73 Å². The van der Waals surface area contributed by atoms with Gasteiger partial charge in [0.1, 0.15) is 5.82 Å². The maximum Gasteiger partial charge on any atom is 0.196 e. The number of nitrogen functional groups attached to an aromatic ring is 1. The summed E-state index contributed by atoms with van der Waals surface area (Å²) >= 11 is 1.72. The van der Waals surface area contributed by atoms with Gasteiger partial charge >= 0.3 is 0 Å². The Morgan fingerprint density at radius 2 is 2.05 bits per heavy atom. The molecule has 19 heavy (non-hydrogen) atoms. The highest BCUT2D eigenvalue weighted by Gasteiger charge is 2.16. The monoisotopic (exact) mass is 271 g/mol. The molecule has 0 aliphatic rings. The van der Waals surface area contributed by atoms with Gasteiger partial charge in [-0.2, -0.15) is 0 Å². The van der Waals surface area contributed by atoms with Crippen molar-refractivity contribution < 1.29 is 0 Å². The second-order valence-electron chi connectivity index (χ2n) is 4.83. The minimum Gasteiger partial charge on any atom is -0.383 e. The van der Waals surface area contributed by atoms with Crippen LogP contribution in [0.25, 0.3) is 16.2 Å². The van der Waals surface area contributed by atoms with Crippen LogP contribution in [0.4, 0.5) is 5.82 Å². The lowest BCUT2D eigenvalue weighted by Crippen LogP contribution is -1.96. The van der Waals surface area contributed by atoms with E-state index in [0.717, 1.165) is 11.4 Å². The van der Waals surface area contributed by atoms with Crippen molar-refractivity contribution >= 4 is 22.1 Å². The first-order chi connectivity index (χ1) is 9.11. The summed E-state index contributed by atoms with van der Waals surface area (Å²) in [6.07, 6.45) is 2.73. The number of aryl methyl sites for hydroxylation is 3. The van der Waals surface area contributed by atoms with Gasteiger partial charge in [-0.1, -0.05) is 19.1 Å². The number of aromatic nitrogens is 2. The van der Waals surface area contributed by atoms with Crippen molar-refractivity contribution in [3.8, 4) is 11.3 Å². The summed E-state index contributed by atoms with van der Waals surface area (Å²) in [5, 5.41) is 0. The van der Waals surface area contributed by atoms with Crippen LogP contribution in [0.1, 0.15) is 22.9 Å². The second kappa shape index (κ2) is 4.38. The van der Waals surface area contributed by atoms with Crippen LogP contribution in [0.15, 0.2) is 24.4 Å². The highest BCUT2D eigenvalue weighted by molar-refractivity contribution is 7.17. The van der Waals surface area contributed by atoms with Crippen LogP contribution in [-0.2, 0) is 6.42 Å². The van der Waals surface area contributed by atoms with E-state index in [1.165, 1.54) is 27.3 Å². The number of hydrogen-bond acceptors (Lipinski definition) is 3. The lowest BCUT2D eigenvalue weighted by molar-refractivity contribution is 1.14. The Kier molecular flexibility index (Phi) is 2.82. The molecular weight excluding hydrogens is 254 g/mol. The first-order valence-corrected chi connectivity index (χ1v) is 7.25. The Morgan fingerprint density at radius 1 is 1.26 bits per heavy atom. The second-order valence-corrected chi connectivity index (χ2v) is 5.89. The minimum absolute atomic E-state index is 0.708. The van der Waals surface area contributed by atoms with Gasteiger partial charge in [-0.15, -0.1) is 11.3 Å². The lowest BCUT2D eigenvalue weighted by atomic mass is 10.0. The molecule has 0 aliphatic carbocycles. The van der Waals surface area contributed by atoms with E-state index < -0.39 is 0 Å². The molecule has 98 valence electrons. The summed E-state index contributed by atoms with van der Waals surface area (Å²) in [7, 11) is 0. The number of fused-ring (bicyclic) bond motifs is 1. The molecule has 2 aromatic heterocycles. The van der Waals surface area contributed by atoms with Crippen molar-refractivity contribution in [3.63, 3.8) is 0 Å². The molecule has 2 N–H and O–H groups in total. The third kappa shape index (κ3) is 1.83. The van der Waals surface area contributed by atoms with Crippen LogP contribution in [0, 0.1) is 13.8 Å². The summed E-state index contributed by atoms with van der Waals surface area (Å²) in [5.74, 6) is 0.708. The molecule has 4 heteroatoms. The lowest BCUT2D eigenvalue weighted by Gasteiger charge is -2.07. The van der Waals surface area contributed by atoms with E-state index in [1.807, 2.05) is 0 Å². The predicted octanol–water partition coefficient (Wildman–Crippen LogP) is 3.82. The molecule has 0 saturated carbocycles. The van der Waals surface area contributed by atoms with Gasteiger partial charge in [-0.05, 0) is 37.5 Å². The molecule has 0 unspecified atom stereocenters. The molecular formula is C15H17N3S. The van der Waals surface area contributed by atoms with Gasteiger partial charge in [-0.25, -0.2) is 4.98 Å². The summed E-state index contributed by atoms with van der Waals surface area (Å²) in [5.41, 5.74) is 11.1. The Labute approximate surface area is 116 Å². The summed E-state index contributed by atoms with van der Waals surface area (Å²) in [6.45, 7) is 6.45. The van der Waals surface area contributed by atoms with E-state index in [-0.39, 0.29) is 0 Å². The van der Waals surface area contributed by atoms with E-state index in [9.17, 15) is 0 Å². The zero-order valence-corrected chi connectivity index (χ0v) is 12.2. The quantitative estimate of drug-likeness (QED) is 0.770. The summed E-state index contributed by atoms with van der Waals surface area (Å²) < 4.78 is 2.06. The Balaban J connectivity index is 2.33. The molecule has 1 aromatic carbocycles. The van der Waals surface area contributed by atoms with Gasteiger partial charge in [0.15, 0.2) is 4.96 Å². The van der Waals surface area contributed by atoms with Gasteiger partial charge in [-0.3, -0.25) is 4.40 Å². The molecule has 3 aromatic rings. The van der Waals surface area contributed by atoms with E-state index in [0.29, 0.717) is 5.82 Å². The molecule has 2 heterocycles. The maximum atomic E-state index is 6.06. The number of benzene rings is 1. The molecule has 0 bridgehead atoms. The van der Waals surface area contributed by atoms with E-state index in [2.05, 4.69) is 48.4 Å². The minimum atomic E-state index is 0.708. The summed E-state index contributed by atoms with van der Waals surface area (Å²) in [6, 6.07) is 6.57. The zero-order chi connectivity index (χ0) is 13.6. The van der Waals surface area contributed by atoms with Crippen molar-refractivity contribution in [1.29, 1.82) is 0 Å². The molecule has 0 atom stereocenters. The topological polar surface area (TPSA) is 43.3 Å². The number of anilines is 1. The maximum absolute atomic E-state index is 6.06. The van der Waals surface area contributed by atoms with Gasteiger partial charge in [0, 0.05) is 10.4 Å². The fraction of sp³-hybridized carbons (Fsp3) is 0.267. The van der Waals surface area contributed by atoms with E-state index in [1.54, 1.807) is 17.5 Å². The summed E-state index contributed by atoms with van der Waals surface area (Å²) in [4.78, 5) is 6.68. The van der Waals surface area contributed by atoms with Crippen LogP contribution in [0.5, 0.6) is 0 Å². The zero-order valence-electron chi connectivity index (χ0n) is 11.4. The van der Waals surface area contributed by atoms with Crippen LogP contribution in [-0.4, -0.2) is 9.38 Å². The van der Waals surface area contributed by atoms with Crippen molar-refractivity contribution in [3.05, 3.63) is 40.4 Å². The molecule has 0 amide bonds. The average molecular weight is 271 g/mol. The highest BCUT2D eigenvalue weighted by Crippen LogP contribution is 2.34. The van der Waals surface area contributed by atoms with E-state index in [4.69, 9.17) is 5.73 Å². The van der Waals surface area contributed by atoms with Crippen molar-refractivity contribution in [2.75, 3.05) is 5.73 Å². The highest BCUT2D eigenvalue weighted by atomic mass is 32.1. The number of thiazole rings is 1. The molecule has 0 fully saturated rings. The first-order valence-electron chi connectivity index (χ1n) is 6.44. The Hall–Kier alpha value is -1.81. The third-order valence-electron chi connectivity index (χ3n) is 3.56. The number of hydrogen-bond donors (Lipinski definition) is 1. The van der Waals surface area contributed by atoms with Crippen molar-refractivity contribution in [2.24, 2.45) is 0 Å². The fourth-order valence-electron chi connectivity index (χ4n) is 2.35. The van der Waals surface area contributed by atoms with Gasteiger partial charge in [0.25, 0.3) is 0 Å². The largest absolute Gasteiger partial charge is 0.383 e. The molecule has 0 radical (unpaired) electrons. The van der Waals surface area contributed by atoms with Gasteiger partial charge in [0.2, 0.25) is 0 Å². The number of nitrogens with two attached hydrogens (primary N) is 1. The van der Waals surface area contributed by atoms with Crippen molar-refractivity contribution in [2.45, 2.75) is 27.2 Å². The molecule has 0 aliphatic heterocycles. The first kappa shape index (κ1) is 12.2. The smallest absolute Gasteiger partial charge is 0.196 e. The SMILES string of the molecule is CCc1sc2ncc(N)n2c1-c1ccc(C)c(C)c1. The Morgan fingerprint density at radius 3 is 2.74 bits per heavy atom. The fourth-order valence-corrected chi connectivity index (χ4v) is 3.41. The standard InChI is InChI=1S/C15H17N3S/c1-4-12-14(11-6-5-9(2)10(3)7-11)18-13(16)8-17-15(18)19-12/h5-8H,4,16H2,1-3H3. The predicted molar refractivity (Wildman–Crippen MR) is 81.8 cm³/mol. The van der Waals surface area contributed by atoms with Crippen LogP contribution in [0.2, 0.25) is 0 Å². The molecule has 3 nitrogen and oxygen atoms in total. The average Bonchev–Trinajstić information content (AvgIpc) is 2.93. The van der Waals surface area contributed by atoms with E-state index >= 15 is 0 Å². The normalized spacial score (nSPS) is 11.3. The van der Waals surface area contributed by atoms with Crippen LogP contribution < -0.4 is 5.73 Å². The Bertz CT molecular complexity index is 752. The molecule has 0 saturated heterocycles. The molecule has 0 spiro atoms.